The van der Waals surface area contributed by atoms with Crippen molar-refractivity contribution < 1.29 is 13.9 Å². The Hall–Kier alpha value is -6.58. The summed E-state index contributed by atoms with van der Waals surface area (Å²) in [5, 5.41) is 15.4. The Labute approximate surface area is 328 Å². The maximum atomic E-state index is 11.1. The third kappa shape index (κ3) is 7.29. The molecule has 2 aromatic heterocycles. The van der Waals surface area contributed by atoms with Crippen LogP contribution in [0.25, 0.3) is 77.3 Å². The van der Waals surface area contributed by atoms with Crippen LogP contribution in [-0.2, 0) is 12.8 Å². The monoisotopic (exact) mass is 730 g/mol. The van der Waals surface area contributed by atoms with Gasteiger partial charge in [-0.3, -0.25) is 0 Å². The van der Waals surface area contributed by atoms with Crippen LogP contribution in [0.5, 0.6) is 5.75 Å². The molecule has 10 rings (SSSR count). The zero-order valence-corrected chi connectivity index (χ0v) is 32.3. The first-order valence-corrected chi connectivity index (χ1v) is 19.8. The highest BCUT2D eigenvalue weighted by molar-refractivity contribution is 6.13. The molecule has 0 bridgehead atoms. The Kier molecular flexibility index (Phi) is 10.7. The third-order valence-corrected chi connectivity index (χ3v) is 10.5. The van der Waals surface area contributed by atoms with E-state index < -0.39 is 0 Å². The minimum atomic E-state index is 0.254. The number of hydrogen-bond acceptors (Lipinski definition) is 3. The van der Waals surface area contributed by atoms with E-state index in [2.05, 4.69) is 116 Å². The summed E-state index contributed by atoms with van der Waals surface area (Å²) in [6, 6.07) is 51.8. The molecule has 0 spiro atoms. The van der Waals surface area contributed by atoms with E-state index in [4.69, 9.17) is 8.83 Å². The molecule has 7 aromatic carbocycles. The number of phenols is 1. The summed E-state index contributed by atoms with van der Waals surface area (Å²) in [5.74, 6) is 0.254. The number of hydrogen-bond donors (Lipinski definition) is 1. The molecule has 2 heterocycles. The van der Waals surface area contributed by atoms with Crippen LogP contribution >= 0.6 is 0 Å². The second-order valence-corrected chi connectivity index (χ2v) is 14.0. The topological polar surface area (TPSA) is 46.5 Å². The van der Waals surface area contributed by atoms with E-state index in [1.54, 1.807) is 5.57 Å². The normalized spacial score (nSPS) is 12.3. The van der Waals surface area contributed by atoms with Gasteiger partial charge in [-0.05, 0) is 95.5 Å². The van der Waals surface area contributed by atoms with E-state index in [0.29, 0.717) is 0 Å². The largest absolute Gasteiger partial charge is 0.507 e. The van der Waals surface area contributed by atoms with Gasteiger partial charge in [0.05, 0.1) is 0 Å². The van der Waals surface area contributed by atoms with Crippen LogP contribution in [-0.4, -0.2) is 5.11 Å². The molecule has 0 saturated carbocycles. The Morgan fingerprint density at radius 3 is 2.04 bits per heavy atom. The molecule has 0 radical (unpaired) electrons. The van der Waals surface area contributed by atoms with E-state index in [0.717, 1.165) is 90.1 Å². The molecule has 56 heavy (non-hydrogen) atoms. The number of aromatic hydroxyl groups is 1. The summed E-state index contributed by atoms with van der Waals surface area (Å²) in [6.07, 6.45) is 11.1. The lowest BCUT2D eigenvalue weighted by Gasteiger charge is -2.11. The van der Waals surface area contributed by atoms with Crippen LogP contribution in [0.4, 0.5) is 0 Å². The average Bonchev–Trinajstić information content (AvgIpc) is 3.83. The molecule has 3 heteroatoms. The number of fused-ring (bicyclic) bond motifs is 6. The standard InChI is InChI=1S/C38H26O3.C13H14.C2H6/c1-2-23-11-8-13-31-33-20-27(25-15-17-28(34(39)21-25)24-9-4-3-5-10-24)19-32(38(33)41-37(23)31)26-16-18-30-29-12-6-7-14-35(29)40-36(30)22-26;1-3-7-12(8-4-1)11-13-9-5-2-6-10-13;1-2/h3-22,39H,2H2,1H3;1-5,7-9H,6,10-11H2;1-2H3. The summed E-state index contributed by atoms with van der Waals surface area (Å²) in [5.41, 5.74) is 13.4. The molecule has 1 aliphatic rings. The summed E-state index contributed by atoms with van der Waals surface area (Å²) >= 11 is 0. The van der Waals surface area contributed by atoms with Crippen molar-refractivity contribution in [1.82, 2.24) is 0 Å². The van der Waals surface area contributed by atoms with Crippen LogP contribution in [0.1, 0.15) is 44.7 Å². The van der Waals surface area contributed by atoms with E-state index in [-0.39, 0.29) is 5.75 Å². The first-order valence-electron chi connectivity index (χ1n) is 19.8. The smallest absolute Gasteiger partial charge is 0.143 e. The first kappa shape index (κ1) is 36.4. The van der Waals surface area contributed by atoms with E-state index in [9.17, 15) is 5.11 Å². The first-order chi connectivity index (χ1) is 27.6. The van der Waals surface area contributed by atoms with Gasteiger partial charge in [-0.15, -0.1) is 0 Å². The number of phenolic OH excluding ortho intramolecular Hbond substituents is 1. The quantitative estimate of drug-likeness (QED) is 0.185. The van der Waals surface area contributed by atoms with Crippen molar-refractivity contribution in [3.63, 3.8) is 0 Å². The van der Waals surface area contributed by atoms with E-state index in [1.165, 1.54) is 24.0 Å². The number of aryl methyl sites for hydroxylation is 1. The fraction of sp³-hybridized carbons (Fsp3) is 0.132. The lowest BCUT2D eigenvalue weighted by molar-refractivity contribution is 0.477. The summed E-state index contributed by atoms with van der Waals surface area (Å²) in [7, 11) is 0. The summed E-state index contributed by atoms with van der Waals surface area (Å²) in [4.78, 5) is 0. The maximum absolute atomic E-state index is 11.1. The minimum Gasteiger partial charge on any atom is -0.507 e. The average molecular weight is 731 g/mol. The fourth-order valence-corrected chi connectivity index (χ4v) is 7.74. The fourth-order valence-electron chi connectivity index (χ4n) is 7.74. The number of furan rings is 2. The van der Waals surface area contributed by atoms with Crippen LogP contribution < -0.4 is 0 Å². The Balaban J connectivity index is 0.000000248. The van der Waals surface area contributed by atoms with E-state index >= 15 is 0 Å². The van der Waals surface area contributed by atoms with Gasteiger partial charge in [-0.25, -0.2) is 0 Å². The molecule has 0 fully saturated rings. The predicted molar refractivity (Wildman–Crippen MR) is 236 cm³/mol. The molecule has 0 aliphatic heterocycles. The van der Waals surface area contributed by atoms with Crippen molar-refractivity contribution in [1.29, 1.82) is 0 Å². The van der Waals surface area contributed by atoms with Crippen LogP contribution in [0.3, 0.4) is 0 Å². The van der Waals surface area contributed by atoms with Crippen LogP contribution in [0.15, 0.2) is 184 Å². The van der Waals surface area contributed by atoms with Gasteiger partial charge in [-0.1, -0.05) is 160 Å². The lowest BCUT2D eigenvalue weighted by atomic mass is 9.93. The van der Waals surface area contributed by atoms with Gasteiger partial charge in [0.25, 0.3) is 0 Å². The lowest BCUT2D eigenvalue weighted by Crippen LogP contribution is -1.92. The van der Waals surface area contributed by atoms with Gasteiger partial charge < -0.3 is 13.9 Å². The summed E-state index contributed by atoms with van der Waals surface area (Å²) < 4.78 is 12.9. The van der Waals surface area contributed by atoms with Gasteiger partial charge in [0, 0.05) is 32.7 Å². The van der Waals surface area contributed by atoms with Gasteiger partial charge >= 0.3 is 0 Å². The molecule has 0 amide bonds. The number of rotatable bonds is 6. The molecule has 9 aromatic rings. The number of benzene rings is 7. The van der Waals surface area contributed by atoms with E-state index in [1.807, 2.05) is 74.5 Å². The van der Waals surface area contributed by atoms with Gasteiger partial charge in [0.2, 0.25) is 0 Å². The highest BCUT2D eigenvalue weighted by Gasteiger charge is 2.19. The molecule has 3 nitrogen and oxygen atoms in total. The van der Waals surface area contributed by atoms with Crippen molar-refractivity contribution in [2.75, 3.05) is 0 Å². The number of para-hydroxylation sites is 2. The zero-order chi connectivity index (χ0) is 38.4. The van der Waals surface area contributed by atoms with Crippen molar-refractivity contribution in [2.45, 2.75) is 46.5 Å². The van der Waals surface area contributed by atoms with Crippen molar-refractivity contribution >= 4 is 43.9 Å². The van der Waals surface area contributed by atoms with Crippen molar-refractivity contribution in [3.8, 4) is 39.1 Å². The molecule has 0 saturated heterocycles. The predicted octanol–water partition coefficient (Wildman–Crippen LogP) is 15.3. The van der Waals surface area contributed by atoms with Crippen molar-refractivity contribution in [2.24, 2.45) is 0 Å². The molecular formula is C53H46O3. The molecule has 276 valence electrons. The van der Waals surface area contributed by atoms with Crippen LogP contribution in [0, 0.1) is 0 Å². The highest BCUT2D eigenvalue weighted by Crippen LogP contribution is 2.43. The Morgan fingerprint density at radius 2 is 1.27 bits per heavy atom. The second-order valence-electron chi connectivity index (χ2n) is 14.0. The Morgan fingerprint density at radius 1 is 0.536 bits per heavy atom. The van der Waals surface area contributed by atoms with Gasteiger partial charge in [-0.2, -0.15) is 0 Å². The molecule has 0 unspecified atom stereocenters. The zero-order valence-electron chi connectivity index (χ0n) is 32.3. The van der Waals surface area contributed by atoms with Gasteiger partial charge in [0.15, 0.2) is 0 Å². The molecule has 0 atom stereocenters. The van der Waals surface area contributed by atoms with Crippen LogP contribution in [0.2, 0.25) is 0 Å². The van der Waals surface area contributed by atoms with Crippen molar-refractivity contribution in [3.05, 3.63) is 187 Å². The SMILES string of the molecule is C1=CCCC(Cc2ccccc2)=C1.CC.CCc1cccc2c1oc1c(-c3ccc4c(c3)oc3ccccc34)cc(-c3ccc(-c4ccccc4)c(O)c3)cc12. The third-order valence-electron chi connectivity index (χ3n) is 10.5. The summed E-state index contributed by atoms with van der Waals surface area (Å²) in [6.45, 7) is 6.15. The van der Waals surface area contributed by atoms with Gasteiger partial charge in [0.1, 0.15) is 28.1 Å². The number of allylic oxidation sites excluding steroid dienone is 4. The highest BCUT2D eigenvalue weighted by atomic mass is 16.3. The molecular weight excluding hydrogens is 685 g/mol. The minimum absolute atomic E-state index is 0.254. The molecule has 1 N–H and O–H groups in total. The molecule has 1 aliphatic carbocycles. The maximum Gasteiger partial charge on any atom is 0.143 e. The Bertz CT molecular complexity index is 2830. The second kappa shape index (κ2) is 16.4.